The third kappa shape index (κ3) is 3.34. The van der Waals surface area contributed by atoms with Crippen molar-refractivity contribution >= 4 is 34.8 Å². The second-order valence-corrected chi connectivity index (χ2v) is 10.5. The normalized spacial score (nSPS) is 21.5. The summed E-state index contributed by atoms with van der Waals surface area (Å²) < 4.78 is 14.1. The first-order chi connectivity index (χ1) is 19.8. The van der Waals surface area contributed by atoms with Crippen molar-refractivity contribution in [2.75, 3.05) is 4.90 Å². The van der Waals surface area contributed by atoms with Gasteiger partial charge in [0, 0.05) is 40.4 Å². The minimum Gasteiger partial charge on any atom is -0.352 e. The van der Waals surface area contributed by atoms with Crippen LogP contribution in [0.15, 0.2) is 103 Å². The molecule has 3 atom stereocenters. The van der Waals surface area contributed by atoms with Gasteiger partial charge in [0.05, 0.1) is 11.0 Å². The van der Waals surface area contributed by atoms with Crippen molar-refractivity contribution < 1.29 is 23.7 Å². The lowest BCUT2D eigenvalue weighted by molar-refractivity contribution is -0.384. The molecule has 2 heterocycles. The van der Waals surface area contributed by atoms with Crippen LogP contribution in [0, 0.1) is 21.3 Å². The lowest BCUT2D eigenvalue weighted by Crippen LogP contribution is -2.48. The van der Waals surface area contributed by atoms with E-state index in [1.54, 1.807) is 24.3 Å². The molecule has 0 aromatic heterocycles. The van der Waals surface area contributed by atoms with E-state index in [4.69, 9.17) is 0 Å². The Kier molecular flexibility index (Phi) is 5.37. The number of carbonyl (C=O) groups excluding carboxylic acids is 3. The Bertz CT molecular complexity index is 1780. The average molecular weight is 545 g/mol. The maximum absolute atomic E-state index is 14.5. The maximum atomic E-state index is 14.5. The van der Waals surface area contributed by atoms with Crippen LogP contribution in [0.25, 0.3) is 6.08 Å². The summed E-state index contributed by atoms with van der Waals surface area (Å²) in [6, 6.07) is 23.1. The first-order valence-electron chi connectivity index (χ1n) is 13.1. The second-order valence-electron chi connectivity index (χ2n) is 10.5. The summed E-state index contributed by atoms with van der Waals surface area (Å²) >= 11 is 0. The van der Waals surface area contributed by atoms with Gasteiger partial charge in [-0.1, -0.05) is 66.7 Å². The van der Waals surface area contributed by atoms with Gasteiger partial charge in [-0.25, -0.2) is 4.39 Å². The SMILES string of the molecule is O=C(c1ccc([N+](=O)[O-])cc1)[C@@H]1[C@H](c2ccc(F)cc2)C2(C(=O)c3ccccc3C2=O)[C@@H]2C=Cc3ccccc3N12. The first kappa shape index (κ1) is 24.8. The molecular formula is C33H21FN2O5. The molecule has 41 heavy (non-hydrogen) atoms. The van der Waals surface area contributed by atoms with Crippen molar-refractivity contribution in [2.45, 2.75) is 18.0 Å². The average Bonchev–Trinajstić information content (AvgIpc) is 3.43. The number of para-hydroxylation sites is 1. The molecule has 0 bridgehead atoms. The number of non-ortho nitro benzene ring substituents is 1. The summed E-state index contributed by atoms with van der Waals surface area (Å²) in [5.74, 6) is -2.65. The van der Waals surface area contributed by atoms with Crippen LogP contribution in [0.3, 0.4) is 0 Å². The molecular weight excluding hydrogens is 523 g/mol. The molecule has 1 saturated heterocycles. The van der Waals surface area contributed by atoms with E-state index in [9.17, 15) is 28.9 Å². The first-order valence-corrected chi connectivity index (χ1v) is 13.1. The monoisotopic (exact) mass is 544 g/mol. The van der Waals surface area contributed by atoms with Crippen LogP contribution in [-0.4, -0.2) is 34.4 Å². The van der Waals surface area contributed by atoms with Crippen molar-refractivity contribution in [3.8, 4) is 0 Å². The van der Waals surface area contributed by atoms with Gasteiger partial charge in [-0.05, 0) is 41.5 Å². The van der Waals surface area contributed by atoms with Crippen molar-refractivity contribution in [1.29, 1.82) is 0 Å². The number of halogens is 1. The predicted octanol–water partition coefficient (Wildman–Crippen LogP) is 6.05. The van der Waals surface area contributed by atoms with Crippen LogP contribution < -0.4 is 4.90 Å². The Labute approximate surface area is 233 Å². The van der Waals surface area contributed by atoms with Gasteiger partial charge < -0.3 is 4.90 Å². The lowest BCUT2D eigenvalue weighted by atomic mass is 9.64. The van der Waals surface area contributed by atoms with E-state index in [1.165, 1.54) is 48.5 Å². The number of rotatable bonds is 4. The molecule has 0 saturated carbocycles. The van der Waals surface area contributed by atoms with Crippen LogP contribution in [0.4, 0.5) is 15.8 Å². The van der Waals surface area contributed by atoms with E-state index in [0.717, 1.165) is 5.56 Å². The number of Topliss-reactive ketones (excluding diaryl/α,β-unsaturated/α-hetero) is 3. The molecule has 1 aliphatic carbocycles. The van der Waals surface area contributed by atoms with Gasteiger partial charge in [-0.3, -0.25) is 24.5 Å². The van der Waals surface area contributed by atoms with E-state index in [0.29, 0.717) is 22.4 Å². The third-order valence-corrected chi connectivity index (χ3v) is 8.57. The number of hydrogen-bond acceptors (Lipinski definition) is 6. The third-order valence-electron chi connectivity index (χ3n) is 8.57. The number of nitro groups is 1. The number of hydrogen-bond donors (Lipinski definition) is 0. The molecule has 0 N–H and O–H groups in total. The number of carbonyl (C=O) groups is 3. The smallest absolute Gasteiger partial charge is 0.269 e. The summed E-state index contributed by atoms with van der Waals surface area (Å²) in [6.07, 6.45) is 3.67. The summed E-state index contributed by atoms with van der Waals surface area (Å²) in [6.45, 7) is 0. The van der Waals surface area contributed by atoms with E-state index >= 15 is 0 Å². The van der Waals surface area contributed by atoms with Crippen molar-refractivity contribution in [3.63, 3.8) is 0 Å². The van der Waals surface area contributed by atoms with E-state index in [2.05, 4.69) is 0 Å². The van der Waals surface area contributed by atoms with E-state index in [-0.39, 0.29) is 22.8 Å². The number of nitro benzene ring substituents is 1. The Morgan fingerprint density at radius 1 is 0.829 bits per heavy atom. The molecule has 7 rings (SSSR count). The number of anilines is 1. The molecule has 0 amide bonds. The van der Waals surface area contributed by atoms with Gasteiger partial charge in [-0.15, -0.1) is 0 Å². The molecule has 200 valence electrons. The largest absolute Gasteiger partial charge is 0.352 e. The summed E-state index contributed by atoms with van der Waals surface area (Å²) in [4.78, 5) is 56.2. The molecule has 0 unspecified atom stereocenters. The molecule has 3 aliphatic rings. The molecule has 1 fully saturated rings. The molecule has 7 nitrogen and oxygen atoms in total. The minimum atomic E-state index is -1.70. The van der Waals surface area contributed by atoms with Crippen LogP contribution >= 0.6 is 0 Å². The zero-order valence-corrected chi connectivity index (χ0v) is 21.4. The maximum Gasteiger partial charge on any atom is 0.269 e. The number of benzene rings is 4. The Balaban J connectivity index is 1.52. The Morgan fingerprint density at radius 3 is 2.07 bits per heavy atom. The molecule has 2 aliphatic heterocycles. The van der Waals surface area contributed by atoms with Crippen molar-refractivity contribution in [3.05, 3.63) is 147 Å². The fourth-order valence-electron chi connectivity index (χ4n) is 6.88. The molecule has 0 radical (unpaired) electrons. The fraction of sp³-hybridized carbons (Fsp3) is 0.121. The van der Waals surface area contributed by atoms with Crippen LogP contribution in [0.5, 0.6) is 0 Å². The van der Waals surface area contributed by atoms with Crippen LogP contribution in [0.2, 0.25) is 0 Å². The van der Waals surface area contributed by atoms with E-state index in [1.807, 2.05) is 41.3 Å². The topological polar surface area (TPSA) is 97.6 Å². The lowest BCUT2D eigenvalue weighted by Gasteiger charge is -2.37. The number of nitrogens with zero attached hydrogens (tertiary/aromatic N) is 2. The van der Waals surface area contributed by atoms with Gasteiger partial charge >= 0.3 is 0 Å². The van der Waals surface area contributed by atoms with Gasteiger partial charge in [0.15, 0.2) is 17.3 Å². The van der Waals surface area contributed by atoms with Crippen LogP contribution in [0.1, 0.15) is 48.1 Å². The summed E-state index contributed by atoms with van der Waals surface area (Å²) in [5.41, 5.74) is 0.886. The van der Waals surface area contributed by atoms with E-state index < -0.39 is 39.9 Å². The molecule has 1 spiro atoms. The summed E-state index contributed by atoms with van der Waals surface area (Å²) in [7, 11) is 0. The quantitative estimate of drug-likeness (QED) is 0.134. The zero-order chi connectivity index (χ0) is 28.5. The van der Waals surface area contributed by atoms with Crippen molar-refractivity contribution in [1.82, 2.24) is 0 Å². The number of fused-ring (bicyclic) bond motifs is 5. The molecule has 4 aromatic carbocycles. The van der Waals surface area contributed by atoms with Gasteiger partial charge in [0.2, 0.25) is 0 Å². The standard InChI is InChI=1S/C33H21FN2O5/c34-22-14-9-20(10-15-22)28-29(30(37)21-11-16-23(17-12-21)36(40)41)35-26-8-4-1-5-19(26)13-18-27(35)33(28)31(38)24-6-2-3-7-25(24)32(33)39/h1-18,27-29H/t27-,28-,29-/m0/s1. The minimum absolute atomic E-state index is 0.166. The molecule has 8 heteroatoms. The van der Waals surface area contributed by atoms with Gasteiger partial charge in [0.25, 0.3) is 5.69 Å². The second kappa shape index (κ2) is 8.89. The van der Waals surface area contributed by atoms with Crippen molar-refractivity contribution in [2.24, 2.45) is 5.41 Å². The fourth-order valence-corrected chi connectivity index (χ4v) is 6.88. The zero-order valence-electron chi connectivity index (χ0n) is 21.4. The highest BCUT2D eigenvalue weighted by Gasteiger charge is 2.71. The van der Waals surface area contributed by atoms with Gasteiger partial charge in [-0.2, -0.15) is 0 Å². The highest BCUT2D eigenvalue weighted by molar-refractivity contribution is 6.32. The molecule has 4 aromatic rings. The Morgan fingerprint density at radius 2 is 1.44 bits per heavy atom. The van der Waals surface area contributed by atoms with Gasteiger partial charge in [0.1, 0.15) is 17.3 Å². The highest BCUT2D eigenvalue weighted by atomic mass is 19.1. The van der Waals surface area contributed by atoms with Crippen LogP contribution in [-0.2, 0) is 0 Å². The predicted molar refractivity (Wildman–Crippen MR) is 150 cm³/mol. The summed E-state index contributed by atoms with van der Waals surface area (Å²) in [5, 5.41) is 11.3. The highest BCUT2D eigenvalue weighted by Crippen LogP contribution is 2.60. The Hall–Kier alpha value is -5.24. The number of ketones is 3.